The summed E-state index contributed by atoms with van der Waals surface area (Å²) in [6, 6.07) is 14.2. The molecule has 3 aromatic rings. The van der Waals surface area contributed by atoms with E-state index in [1.165, 1.54) is 0 Å². The van der Waals surface area contributed by atoms with Crippen LogP contribution in [0.25, 0.3) is 5.69 Å². The van der Waals surface area contributed by atoms with E-state index in [4.69, 9.17) is 16.3 Å². The second-order valence-electron chi connectivity index (χ2n) is 9.27. The second-order valence-corrected chi connectivity index (χ2v) is 9.71. The molecule has 2 aromatic carbocycles. The van der Waals surface area contributed by atoms with Crippen molar-refractivity contribution in [2.75, 3.05) is 18.5 Å². The number of ether oxygens (including phenoxy) is 1. The van der Waals surface area contributed by atoms with Gasteiger partial charge in [0, 0.05) is 24.5 Å². The zero-order chi connectivity index (χ0) is 26.5. The van der Waals surface area contributed by atoms with Gasteiger partial charge >= 0.3 is 0 Å². The SMILES string of the molecule is CCOc1ccc(Cl)cc1C(=O)NCC(C)(C)CC(=O)Nc1c(C)n(CC)n(-c2ccccc2)c1=O. The third-order valence-corrected chi connectivity index (χ3v) is 6.05. The van der Waals surface area contributed by atoms with Crippen LogP contribution >= 0.6 is 11.6 Å². The number of rotatable bonds is 10. The first-order valence-electron chi connectivity index (χ1n) is 12.0. The molecule has 0 atom stereocenters. The first-order valence-corrected chi connectivity index (χ1v) is 12.3. The molecule has 0 spiro atoms. The Morgan fingerprint density at radius 3 is 2.42 bits per heavy atom. The molecular formula is C27H33ClN4O4. The van der Waals surface area contributed by atoms with Gasteiger partial charge in [-0.2, -0.15) is 0 Å². The number of para-hydroxylation sites is 1. The average Bonchev–Trinajstić information content (AvgIpc) is 3.08. The van der Waals surface area contributed by atoms with Crippen LogP contribution in [-0.2, 0) is 11.3 Å². The predicted octanol–water partition coefficient (Wildman–Crippen LogP) is 4.80. The molecule has 0 aliphatic carbocycles. The second kappa shape index (κ2) is 11.5. The Labute approximate surface area is 216 Å². The van der Waals surface area contributed by atoms with Crippen molar-refractivity contribution in [3.63, 3.8) is 0 Å². The minimum absolute atomic E-state index is 0.0999. The van der Waals surface area contributed by atoms with Crippen LogP contribution in [0.15, 0.2) is 53.3 Å². The van der Waals surface area contributed by atoms with Crippen LogP contribution in [0.2, 0.25) is 5.02 Å². The van der Waals surface area contributed by atoms with E-state index in [1.807, 2.05) is 69.6 Å². The van der Waals surface area contributed by atoms with Gasteiger partial charge in [0.15, 0.2) is 0 Å². The average molecular weight is 513 g/mol. The quantitative estimate of drug-likeness (QED) is 0.408. The summed E-state index contributed by atoms with van der Waals surface area (Å²) in [7, 11) is 0. The normalized spacial score (nSPS) is 11.3. The number of carbonyl (C=O) groups excluding carboxylic acids is 2. The Balaban J connectivity index is 1.71. The number of amides is 2. The van der Waals surface area contributed by atoms with Crippen molar-refractivity contribution in [1.82, 2.24) is 14.7 Å². The first-order chi connectivity index (χ1) is 17.1. The molecule has 3 rings (SSSR count). The molecule has 1 heterocycles. The minimum atomic E-state index is -0.580. The van der Waals surface area contributed by atoms with Gasteiger partial charge in [0.1, 0.15) is 11.4 Å². The van der Waals surface area contributed by atoms with Gasteiger partial charge in [0.05, 0.1) is 23.6 Å². The molecule has 2 N–H and O–H groups in total. The topological polar surface area (TPSA) is 94.4 Å². The van der Waals surface area contributed by atoms with E-state index in [0.717, 1.165) is 5.69 Å². The number of aromatic nitrogens is 2. The lowest BCUT2D eigenvalue weighted by atomic mass is 9.88. The molecule has 0 saturated heterocycles. The lowest BCUT2D eigenvalue weighted by Crippen LogP contribution is -2.36. The van der Waals surface area contributed by atoms with E-state index in [9.17, 15) is 14.4 Å². The monoisotopic (exact) mass is 512 g/mol. The lowest BCUT2D eigenvalue weighted by molar-refractivity contribution is -0.118. The van der Waals surface area contributed by atoms with Crippen molar-refractivity contribution in [2.45, 2.75) is 47.6 Å². The fourth-order valence-corrected chi connectivity index (χ4v) is 4.23. The van der Waals surface area contributed by atoms with Gasteiger partial charge in [-0.05, 0) is 56.5 Å². The van der Waals surface area contributed by atoms with Crippen LogP contribution in [0.3, 0.4) is 0 Å². The van der Waals surface area contributed by atoms with Gasteiger partial charge in [-0.15, -0.1) is 0 Å². The highest BCUT2D eigenvalue weighted by Gasteiger charge is 2.26. The number of carbonyl (C=O) groups is 2. The summed E-state index contributed by atoms with van der Waals surface area (Å²) >= 11 is 6.07. The molecule has 2 amide bonds. The number of hydrogen-bond donors (Lipinski definition) is 2. The molecule has 0 unspecified atom stereocenters. The molecule has 0 aliphatic rings. The summed E-state index contributed by atoms with van der Waals surface area (Å²) in [4.78, 5) is 39.0. The van der Waals surface area contributed by atoms with E-state index < -0.39 is 5.41 Å². The van der Waals surface area contributed by atoms with Crippen LogP contribution in [0, 0.1) is 12.3 Å². The predicted molar refractivity (Wildman–Crippen MR) is 142 cm³/mol. The van der Waals surface area contributed by atoms with E-state index in [2.05, 4.69) is 10.6 Å². The largest absolute Gasteiger partial charge is 0.493 e. The standard InChI is InChI=1S/C27H33ClN4O4/c1-6-31-18(3)24(26(35)32(31)20-11-9-8-10-12-20)30-23(33)16-27(4,5)17-29-25(34)21-15-19(28)13-14-22(21)36-7-2/h8-15H,6-7,16-17H2,1-5H3,(H,29,34)(H,30,33). The Morgan fingerprint density at radius 1 is 1.08 bits per heavy atom. The van der Waals surface area contributed by atoms with Crippen LogP contribution in [0.5, 0.6) is 5.75 Å². The Bertz CT molecular complexity index is 1300. The third-order valence-electron chi connectivity index (χ3n) is 5.81. The molecule has 9 heteroatoms. The number of benzene rings is 2. The minimum Gasteiger partial charge on any atom is -0.493 e. The molecular weight excluding hydrogens is 480 g/mol. The Hall–Kier alpha value is -3.52. The number of hydrogen-bond acceptors (Lipinski definition) is 4. The van der Waals surface area contributed by atoms with Gasteiger partial charge in [-0.25, -0.2) is 4.68 Å². The van der Waals surface area contributed by atoms with E-state index >= 15 is 0 Å². The molecule has 0 aliphatic heterocycles. The van der Waals surface area contributed by atoms with Gasteiger partial charge in [-0.1, -0.05) is 43.6 Å². The van der Waals surface area contributed by atoms with Gasteiger partial charge in [-0.3, -0.25) is 19.1 Å². The highest BCUT2D eigenvalue weighted by atomic mass is 35.5. The maximum absolute atomic E-state index is 13.2. The summed E-state index contributed by atoms with van der Waals surface area (Å²) in [5.41, 5.74) is 1.13. The fourth-order valence-electron chi connectivity index (χ4n) is 4.05. The number of anilines is 1. The van der Waals surface area contributed by atoms with Gasteiger partial charge < -0.3 is 15.4 Å². The maximum atomic E-state index is 13.2. The van der Waals surface area contributed by atoms with E-state index in [1.54, 1.807) is 22.9 Å². The summed E-state index contributed by atoms with van der Waals surface area (Å²) in [5, 5.41) is 6.11. The van der Waals surface area contributed by atoms with Crippen molar-refractivity contribution in [3.05, 3.63) is 75.2 Å². The number of nitrogens with zero attached hydrogens (tertiary/aromatic N) is 2. The van der Waals surface area contributed by atoms with Gasteiger partial charge in [0.2, 0.25) is 5.91 Å². The van der Waals surface area contributed by atoms with Crippen molar-refractivity contribution < 1.29 is 14.3 Å². The molecule has 192 valence electrons. The molecule has 8 nitrogen and oxygen atoms in total. The van der Waals surface area contributed by atoms with Crippen molar-refractivity contribution in [2.24, 2.45) is 5.41 Å². The first kappa shape index (κ1) is 27.1. The van der Waals surface area contributed by atoms with Gasteiger partial charge in [0.25, 0.3) is 11.5 Å². The fraction of sp³-hybridized carbons (Fsp3) is 0.370. The van der Waals surface area contributed by atoms with Crippen LogP contribution in [0.4, 0.5) is 5.69 Å². The Morgan fingerprint density at radius 2 is 1.78 bits per heavy atom. The summed E-state index contributed by atoms with van der Waals surface area (Å²) in [6.07, 6.45) is 0.0999. The van der Waals surface area contributed by atoms with Crippen LogP contribution in [0.1, 0.15) is 50.2 Å². The Kier molecular flexibility index (Phi) is 8.63. The van der Waals surface area contributed by atoms with Crippen molar-refractivity contribution in [1.29, 1.82) is 0 Å². The summed E-state index contributed by atoms with van der Waals surface area (Å²) in [6.45, 7) is 10.6. The van der Waals surface area contributed by atoms with E-state index in [0.29, 0.717) is 35.2 Å². The molecule has 1 aromatic heterocycles. The molecule has 0 fully saturated rings. The smallest absolute Gasteiger partial charge is 0.295 e. The highest BCUT2D eigenvalue weighted by molar-refractivity contribution is 6.31. The molecule has 0 saturated carbocycles. The van der Waals surface area contributed by atoms with Crippen LogP contribution in [-0.4, -0.2) is 34.3 Å². The maximum Gasteiger partial charge on any atom is 0.295 e. The number of nitrogens with one attached hydrogen (secondary N) is 2. The summed E-state index contributed by atoms with van der Waals surface area (Å²) in [5.74, 6) is -0.197. The molecule has 0 bridgehead atoms. The third kappa shape index (κ3) is 6.18. The summed E-state index contributed by atoms with van der Waals surface area (Å²) < 4.78 is 8.93. The zero-order valence-corrected chi connectivity index (χ0v) is 22.1. The molecule has 0 radical (unpaired) electrons. The lowest BCUT2D eigenvalue weighted by Gasteiger charge is -2.24. The van der Waals surface area contributed by atoms with E-state index in [-0.39, 0.29) is 36.0 Å². The molecule has 36 heavy (non-hydrogen) atoms. The zero-order valence-electron chi connectivity index (χ0n) is 21.4. The number of halogens is 1. The van der Waals surface area contributed by atoms with Crippen molar-refractivity contribution >= 4 is 29.1 Å². The van der Waals surface area contributed by atoms with Crippen LogP contribution < -0.4 is 20.9 Å². The highest BCUT2D eigenvalue weighted by Crippen LogP contribution is 2.25. The van der Waals surface area contributed by atoms with Crippen molar-refractivity contribution in [3.8, 4) is 11.4 Å².